The van der Waals surface area contributed by atoms with Gasteiger partial charge in [0.2, 0.25) is 5.91 Å². The van der Waals surface area contributed by atoms with E-state index in [1.165, 1.54) is 10.4 Å². The van der Waals surface area contributed by atoms with Gasteiger partial charge in [0.1, 0.15) is 0 Å². The number of benzene rings is 1. The Balaban J connectivity index is 1.35. The molecule has 3 heterocycles. The monoisotopic (exact) mass is 380 g/mol. The maximum absolute atomic E-state index is 12.5. The molecule has 1 amide bonds. The number of aromatic nitrogens is 1. The van der Waals surface area contributed by atoms with Crippen LogP contribution in [0.4, 0.5) is 0 Å². The number of fused-ring (bicyclic) bond motifs is 1. The van der Waals surface area contributed by atoms with Crippen molar-refractivity contribution in [3.05, 3.63) is 64.5 Å². The van der Waals surface area contributed by atoms with Crippen LogP contribution >= 0.6 is 11.3 Å². The number of hydrogen-bond acceptors (Lipinski definition) is 4. The number of aryl methyl sites for hydroxylation is 1. The first-order valence-electron chi connectivity index (χ1n) is 9.51. The molecule has 1 aliphatic heterocycles. The highest BCUT2D eigenvalue weighted by atomic mass is 32.1. The minimum absolute atomic E-state index is 0.0806. The number of carbonyl (C=O) groups is 1. The summed E-state index contributed by atoms with van der Waals surface area (Å²) in [7, 11) is 0. The van der Waals surface area contributed by atoms with Crippen molar-refractivity contribution in [2.24, 2.45) is 5.92 Å². The predicted octanol–water partition coefficient (Wildman–Crippen LogP) is 3.68. The van der Waals surface area contributed by atoms with E-state index in [1.807, 2.05) is 41.4 Å². The van der Waals surface area contributed by atoms with E-state index in [4.69, 9.17) is 0 Å². The number of rotatable bonds is 6. The van der Waals surface area contributed by atoms with E-state index in [-0.39, 0.29) is 11.8 Å². The van der Waals surface area contributed by atoms with Crippen molar-refractivity contribution in [1.82, 2.24) is 9.88 Å². The quantitative estimate of drug-likeness (QED) is 0.710. The first kappa shape index (κ1) is 18.1. The molecule has 27 heavy (non-hydrogen) atoms. The molecule has 0 saturated carbocycles. The topological polar surface area (TPSA) is 53.4 Å². The lowest BCUT2D eigenvalue weighted by Gasteiger charge is -2.16. The molecular formula is C22H24N2O2S. The van der Waals surface area contributed by atoms with Crippen LogP contribution in [0.3, 0.4) is 0 Å². The van der Waals surface area contributed by atoms with E-state index in [0.29, 0.717) is 19.5 Å². The summed E-state index contributed by atoms with van der Waals surface area (Å²) in [5.74, 6) is 0.241. The van der Waals surface area contributed by atoms with Crippen LogP contribution in [0.5, 0.6) is 0 Å². The van der Waals surface area contributed by atoms with Crippen LogP contribution in [0.15, 0.2) is 54.0 Å². The zero-order chi connectivity index (χ0) is 18.6. The lowest BCUT2D eigenvalue weighted by molar-refractivity contribution is -0.130. The van der Waals surface area contributed by atoms with Crippen LogP contribution < -0.4 is 0 Å². The molecule has 140 valence electrons. The Bertz CT molecular complexity index is 904. The third-order valence-corrected chi connectivity index (χ3v) is 6.31. The summed E-state index contributed by atoms with van der Waals surface area (Å²) in [6.07, 6.45) is 4.50. The first-order chi connectivity index (χ1) is 13.2. The van der Waals surface area contributed by atoms with Crippen molar-refractivity contribution in [2.75, 3.05) is 13.1 Å². The summed E-state index contributed by atoms with van der Waals surface area (Å²) in [6, 6.07) is 14.3. The second-order valence-corrected chi connectivity index (χ2v) is 8.28. The zero-order valence-corrected chi connectivity index (χ0v) is 16.1. The van der Waals surface area contributed by atoms with Gasteiger partial charge >= 0.3 is 0 Å². The second kappa shape index (κ2) is 8.19. The number of β-amino-alcohol motifs (C(OH)–C–C–N with tert-alkyl or cyclic N) is 1. The Hall–Kier alpha value is -2.24. The third-order valence-electron chi connectivity index (χ3n) is 5.37. The Labute approximate surface area is 163 Å². The maximum Gasteiger partial charge on any atom is 0.222 e. The molecule has 2 atom stereocenters. The molecule has 5 heteroatoms. The van der Waals surface area contributed by atoms with Gasteiger partial charge in [0.05, 0.1) is 11.6 Å². The summed E-state index contributed by atoms with van der Waals surface area (Å²) in [5, 5.41) is 13.7. The van der Waals surface area contributed by atoms with Crippen molar-refractivity contribution in [3.63, 3.8) is 0 Å². The molecule has 1 aromatic carbocycles. The standard InChI is InChI=1S/C22H24N2O2S/c25-21-15-24(22(26)9-3-5-18-6-4-12-27-18)14-17(21)13-16-10-11-23-20-8-2-1-7-19(16)20/h1-2,4,6-8,10-12,17,21,25H,3,5,9,13-15H2/t17-,21-/m1/s1. The third kappa shape index (κ3) is 4.20. The van der Waals surface area contributed by atoms with Gasteiger partial charge in [0.25, 0.3) is 0 Å². The fourth-order valence-electron chi connectivity index (χ4n) is 3.90. The van der Waals surface area contributed by atoms with Crippen molar-refractivity contribution < 1.29 is 9.90 Å². The van der Waals surface area contributed by atoms with Gasteiger partial charge in [-0.2, -0.15) is 0 Å². The molecule has 1 aliphatic rings. The average molecular weight is 381 g/mol. The largest absolute Gasteiger partial charge is 0.391 e. The smallest absolute Gasteiger partial charge is 0.222 e. The highest BCUT2D eigenvalue weighted by Gasteiger charge is 2.33. The van der Waals surface area contributed by atoms with Crippen molar-refractivity contribution in [2.45, 2.75) is 31.8 Å². The lowest BCUT2D eigenvalue weighted by Crippen LogP contribution is -2.29. The minimum Gasteiger partial charge on any atom is -0.391 e. The summed E-state index contributed by atoms with van der Waals surface area (Å²) in [4.78, 5) is 20.1. The van der Waals surface area contributed by atoms with Crippen molar-refractivity contribution in [3.8, 4) is 0 Å². The Morgan fingerprint density at radius 1 is 1.19 bits per heavy atom. The summed E-state index contributed by atoms with van der Waals surface area (Å²) >= 11 is 1.74. The lowest BCUT2D eigenvalue weighted by atomic mass is 9.94. The summed E-state index contributed by atoms with van der Waals surface area (Å²) in [5.41, 5.74) is 2.17. The van der Waals surface area contributed by atoms with Gasteiger partial charge < -0.3 is 10.0 Å². The van der Waals surface area contributed by atoms with Gasteiger partial charge in [-0.05, 0) is 48.4 Å². The van der Waals surface area contributed by atoms with E-state index in [2.05, 4.69) is 22.5 Å². The SMILES string of the molecule is O=C(CCCc1cccs1)N1C[C@@H](Cc2ccnc3ccccc23)[C@H](O)C1. The Morgan fingerprint density at radius 2 is 2.07 bits per heavy atom. The number of aliphatic hydroxyl groups excluding tert-OH is 1. The van der Waals surface area contributed by atoms with E-state index in [1.54, 1.807) is 11.3 Å². The number of hydrogen-bond donors (Lipinski definition) is 1. The average Bonchev–Trinajstić information content (AvgIpc) is 3.32. The van der Waals surface area contributed by atoms with E-state index in [9.17, 15) is 9.90 Å². The van der Waals surface area contributed by atoms with Crippen molar-refractivity contribution in [1.29, 1.82) is 0 Å². The van der Waals surface area contributed by atoms with Gasteiger partial charge in [0, 0.05) is 41.9 Å². The van der Waals surface area contributed by atoms with E-state index < -0.39 is 6.10 Å². The number of nitrogens with zero attached hydrogens (tertiary/aromatic N) is 2. The minimum atomic E-state index is -0.460. The highest BCUT2D eigenvalue weighted by molar-refractivity contribution is 7.09. The number of likely N-dealkylation sites (tertiary alicyclic amines) is 1. The predicted molar refractivity (Wildman–Crippen MR) is 109 cm³/mol. The molecule has 0 aliphatic carbocycles. The molecule has 1 saturated heterocycles. The molecule has 1 N–H and O–H groups in total. The normalized spacial score (nSPS) is 19.7. The molecule has 0 radical (unpaired) electrons. The van der Waals surface area contributed by atoms with Gasteiger partial charge in [-0.15, -0.1) is 11.3 Å². The fourth-order valence-corrected chi connectivity index (χ4v) is 4.65. The number of pyridine rings is 1. The zero-order valence-electron chi connectivity index (χ0n) is 15.3. The summed E-state index contributed by atoms with van der Waals surface area (Å²) in [6.45, 7) is 1.08. The number of carbonyl (C=O) groups excluding carboxylic acids is 1. The molecule has 0 spiro atoms. The molecule has 0 unspecified atom stereocenters. The molecule has 1 fully saturated rings. The highest BCUT2D eigenvalue weighted by Crippen LogP contribution is 2.26. The van der Waals surface area contributed by atoms with Gasteiger partial charge in [-0.1, -0.05) is 24.3 Å². The van der Waals surface area contributed by atoms with Crippen molar-refractivity contribution >= 4 is 28.1 Å². The maximum atomic E-state index is 12.5. The number of para-hydroxylation sites is 1. The van der Waals surface area contributed by atoms with Crippen LogP contribution in [0.25, 0.3) is 10.9 Å². The number of thiophene rings is 1. The molecule has 0 bridgehead atoms. The second-order valence-electron chi connectivity index (χ2n) is 7.25. The van der Waals surface area contributed by atoms with Crippen LogP contribution in [-0.2, 0) is 17.6 Å². The van der Waals surface area contributed by atoms with Gasteiger partial charge in [-0.25, -0.2) is 0 Å². The molecular weight excluding hydrogens is 356 g/mol. The van der Waals surface area contributed by atoms with Crippen LogP contribution in [-0.4, -0.2) is 40.1 Å². The number of amides is 1. The molecule has 2 aromatic heterocycles. The fraction of sp³-hybridized carbons (Fsp3) is 0.364. The molecule has 3 aromatic rings. The van der Waals surface area contributed by atoms with Crippen LogP contribution in [0.1, 0.15) is 23.3 Å². The van der Waals surface area contributed by atoms with E-state index in [0.717, 1.165) is 30.2 Å². The summed E-state index contributed by atoms with van der Waals surface area (Å²) < 4.78 is 0. The number of aliphatic hydroxyl groups is 1. The van der Waals surface area contributed by atoms with Crippen LogP contribution in [0, 0.1) is 5.92 Å². The van der Waals surface area contributed by atoms with Crippen LogP contribution in [0.2, 0.25) is 0 Å². The van der Waals surface area contributed by atoms with E-state index >= 15 is 0 Å². The van der Waals surface area contributed by atoms with Gasteiger partial charge in [0.15, 0.2) is 0 Å². The Kier molecular flexibility index (Phi) is 5.50. The van der Waals surface area contributed by atoms with Gasteiger partial charge in [-0.3, -0.25) is 9.78 Å². The Morgan fingerprint density at radius 3 is 2.93 bits per heavy atom. The first-order valence-corrected chi connectivity index (χ1v) is 10.4. The molecule has 4 nitrogen and oxygen atoms in total. The molecule has 4 rings (SSSR count).